The molecule has 2 aliphatic rings. The molecule has 2 heterocycles. The van der Waals surface area contributed by atoms with E-state index < -0.39 is 0 Å². The molecule has 22 heavy (non-hydrogen) atoms. The van der Waals surface area contributed by atoms with Crippen molar-refractivity contribution in [3.05, 3.63) is 35.9 Å². The molecule has 0 aromatic heterocycles. The average Bonchev–Trinajstić information content (AvgIpc) is 2.62. The van der Waals surface area contributed by atoms with Crippen LogP contribution in [0.25, 0.3) is 0 Å². The molecule has 2 fully saturated rings. The average molecular weight is 302 g/mol. The second kappa shape index (κ2) is 7.75. The van der Waals surface area contributed by atoms with Crippen molar-refractivity contribution in [3.8, 4) is 0 Å². The number of benzene rings is 1. The van der Waals surface area contributed by atoms with Crippen molar-refractivity contribution in [1.29, 1.82) is 0 Å². The van der Waals surface area contributed by atoms with E-state index in [1.165, 1.54) is 18.4 Å². The summed E-state index contributed by atoms with van der Waals surface area (Å²) < 4.78 is 5.35. The first-order valence-corrected chi connectivity index (χ1v) is 8.46. The maximum Gasteiger partial charge on any atom is 0.223 e. The number of morpholine rings is 1. The summed E-state index contributed by atoms with van der Waals surface area (Å²) >= 11 is 0. The van der Waals surface area contributed by atoms with Crippen molar-refractivity contribution in [2.45, 2.75) is 25.2 Å². The van der Waals surface area contributed by atoms with Gasteiger partial charge in [-0.3, -0.25) is 4.79 Å². The molecule has 0 saturated carbocycles. The lowest BCUT2D eigenvalue weighted by molar-refractivity contribution is -0.136. The Labute approximate surface area is 132 Å². The quantitative estimate of drug-likeness (QED) is 0.925. The molecule has 0 spiro atoms. The number of nitrogens with one attached hydrogen (secondary N) is 1. The lowest BCUT2D eigenvalue weighted by atomic mass is 9.79. The SMILES string of the molecule is O=C(CC(c1ccccc1)C1CCCNC1)N1CCOCC1. The van der Waals surface area contributed by atoms with E-state index in [2.05, 4.69) is 29.6 Å². The van der Waals surface area contributed by atoms with Crippen LogP contribution in [0, 0.1) is 5.92 Å². The molecule has 0 radical (unpaired) electrons. The number of nitrogens with zero attached hydrogens (tertiary/aromatic N) is 1. The third kappa shape index (κ3) is 3.87. The summed E-state index contributed by atoms with van der Waals surface area (Å²) in [5, 5.41) is 3.49. The highest BCUT2D eigenvalue weighted by Gasteiger charge is 2.29. The van der Waals surface area contributed by atoms with Crippen LogP contribution in [0.2, 0.25) is 0 Å². The number of piperidine rings is 1. The Morgan fingerprint density at radius 3 is 2.73 bits per heavy atom. The lowest BCUT2D eigenvalue weighted by Crippen LogP contribution is -2.42. The molecule has 1 N–H and O–H groups in total. The third-order valence-electron chi connectivity index (χ3n) is 4.89. The highest BCUT2D eigenvalue weighted by molar-refractivity contribution is 5.77. The van der Waals surface area contributed by atoms with Gasteiger partial charge in [-0.15, -0.1) is 0 Å². The number of amides is 1. The van der Waals surface area contributed by atoms with Gasteiger partial charge in [-0.05, 0) is 43.3 Å². The number of hydrogen-bond acceptors (Lipinski definition) is 3. The van der Waals surface area contributed by atoms with Gasteiger partial charge < -0.3 is 15.0 Å². The molecule has 0 aliphatic carbocycles. The van der Waals surface area contributed by atoms with Gasteiger partial charge in [0, 0.05) is 19.5 Å². The molecule has 1 aromatic rings. The van der Waals surface area contributed by atoms with E-state index in [-0.39, 0.29) is 5.91 Å². The maximum atomic E-state index is 12.7. The van der Waals surface area contributed by atoms with Crippen LogP contribution in [0.1, 0.15) is 30.7 Å². The van der Waals surface area contributed by atoms with Crippen LogP contribution in [-0.4, -0.2) is 50.2 Å². The van der Waals surface area contributed by atoms with E-state index in [0.717, 1.165) is 26.2 Å². The smallest absolute Gasteiger partial charge is 0.223 e. The first-order chi connectivity index (χ1) is 10.8. The molecule has 2 aliphatic heterocycles. The molecule has 3 rings (SSSR count). The predicted octanol–water partition coefficient (Wildman–Crippen LogP) is 2.02. The standard InChI is InChI=1S/C18H26N2O2/c21-18(20-9-11-22-12-10-20)13-17(15-5-2-1-3-6-15)16-7-4-8-19-14-16/h1-3,5-6,16-17,19H,4,7-14H2. The van der Waals surface area contributed by atoms with Gasteiger partial charge in [0.15, 0.2) is 0 Å². The summed E-state index contributed by atoms with van der Waals surface area (Å²) in [6.07, 6.45) is 3.04. The van der Waals surface area contributed by atoms with E-state index in [1.807, 2.05) is 11.0 Å². The van der Waals surface area contributed by atoms with E-state index in [4.69, 9.17) is 4.74 Å². The fraction of sp³-hybridized carbons (Fsp3) is 0.611. The molecule has 2 atom stereocenters. The van der Waals surface area contributed by atoms with Gasteiger partial charge in [-0.25, -0.2) is 0 Å². The normalized spacial score (nSPS) is 24.0. The number of carbonyl (C=O) groups is 1. The molecular weight excluding hydrogens is 276 g/mol. The summed E-state index contributed by atoms with van der Waals surface area (Å²) in [6, 6.07) is 10.6. The van der Waals surface area contributed by atoms with Crippen LogP contribution in [0.5, 0.6) is 0 Å². The third-order valence-corrected chi connectivity index (χ3v) is 4.89. The lowest BCUT2D eigenvalue weighted by Gasteiger charge is -2.33. The first-order valence-electron chi connectivity index (χ1n) is 8.46. The molecule has 4 heteroatoms. The van der Waals surface area contributed by atoms with Gasteiger partial charge in [-0.2, -0.15) is 0 Å². The fourth-order valence-electron chi connectivity index (χ4n) is 3.61. The summed E-state index contributed by atoms with van der Waals surface area (Å²) in [7, 11) is 0. The highest BCUT2D eigenvalue weighted by atomic mass is 16.5. The predicted molar refractivity (Wildman–Crippen MR) is 86.8 cm³/mol. The van der Waals surface area contributed by atoms with Crippen molar-refractivity contribution in [2.24, 2.45) is 5.92 Å². The minimum atomic E-state index is 0.280. The largest absolute Gasteiger partial charge is 0.378 e. The Bertz CT molecular complexity index is 465. The minimum absolute atomic E-state index is 0.280. The van der Waals surface area contributed by atoms with Gasteiger partial charge in [0.1, 0.15) is 0 Å². The zero-order valence-electron chi connectivity index (χ0n) is 13.2. The van der Waals surface area contributed by atoms with Crippen LogP contribution in [0.15, 0.2) is 30.3 Å². The number of ether oxygens (including phenoxy) is 1. The molecular formula is C18H26N2O2. The first kappa shape index (κ1) is 15.5. The summed E-state index contributed by atoms with van der Waals surface area (Å²) in [4.78, 5) is 14.6. The van der Waals surface area contributed by atoms with Gasteiger partial charge in [0.25, 0.3) is 0 Å². The van der Waals surface area contributed by atoms with Gasteiger partial charge in [0.05, 0.1) is 13.2 Å². The monoisotopic (exact) mass is 302 g/mol. The van der Waals surface area contributed by atoms with Crippen LogP contribution >= 0.6 is 0 Å². The molecule has 2 saturated heterocycles. The van der Waals surface area contributed by atoms with Crippen LogP contribution < -0.4 is 5.32 Å². The topological polar surface area (TPSA) is 41.6 Å². The minimum Gasteiger partial charge on any atom is -0.378 e. The van der Waals surface area contributed by atoms with E-state index >= 15 is 0 Å². The fourth-order valence-corrected chi connectivity index (χ4v) is 3.61. The number of hydrogen-bond donors (Lipinski definition) is 1. The molecule has 4 nitrogen and oxygen atoms in total. The van der Waals surface area contributed by atoms with Crippen LogP contribution in [-0.2, 0) is 9.53 Å². The highest BCUT2D eigenvalue weighted by Crippen LogP contribution is 2.33. The summed E-state index contributed by atoms with van der Waals surface area (Å²) in [5.41, 5.74) is 1.30. The molecule has 0 bridgehead atoms. The zero-order chi connectivity index (χ0) is 15.2. The molecule has 2 unspecified atom stereocenters. The maximum absolute atomic E-state index is 12.7. The number of carbonyl (C=O) groups excluding carboxylic acids is 1. The van der Waals surface area contributed by atoms with Crippen molar-refractivity contribution < 1.29 is 9.53 Å². The van der Waals surface area contributed by atoms with Crippen LogP contribution in [0.3, 0.4) is 0 Å². The van der Waals surface area contributed by atoms with Gasteiger partial charge in [0.2, 0.25) is 5.91 Å². The van der Waals surface area contributed by atoms with Gasteiger partial charge >= 0.3 is 0 Å². The molecule has 1 amide bonds. The van der Waals surface area contributed by atoms with E-state index in [1.54, 1.807) is 0 Å². The Kier molecular flexibility index (Phi) is 5.46. The van der Waals surface area contributed by atoms with Crippen molar-refractivity contribution in [2.75, 3.05) is 39.4 Å². The second-order valence-electron chi connectivity index (χ2n) is 6.32. The molecule has 120 valence electrons. The summed E-state index contributed by atoms with van der Waals surface area (Å²) in [5.74, 6) is 1.16. The second-order valence-corrected chi connectivity index (χ2v) is 6.32. The van der Waals surface area contributed by atoms with E-state index in [9.17, 15) is 4.79 Å². The Morgan fingerprint density at radius 2 is 2.05 bits per heavy atom. The van der Waals surface area contributed by atoms with E-state index in [0.29, 0.717) is 31.5 Å². The van der Waals surface area contributed by atoms with Gasteiger partial charge in [-0.1, -0.05) is 30.3 Å². The Morgan fingerprint density at radius 1 is 1.27 bits per heavy atom. The molecule has 1 aromatic carbocycles. The summed E-state index contributed by atoms with van der Waals surface area (Å²) in [6.45, 7) is 4.96. The van der Waals surface area contributed by atoms with Crippen molar-refractivity contribution in [1.82, 2.24) is 10.2 Å². The number of rotatable bonds is 4. The van der Waals surface area contributed by atoms with Crippen LogP contribution in [0.4, 0.5) is 0 Å². The Hall–Kier alpha value is -1.39. The zero-order valence-corrected chi connectivity index (χ0v) is 13.2. The Balaban J connectivity index is 1.71. The van der Waals surface area contributed by atoms with Crippen molar-refractivity contribution >= 4 is 5.91 Å². The van der Waals surface area contributed by atoms with Crippen molar-refractivity contribution in [3.63, 3.8) is 0 Å².